The maximum Gasteiger partial charge on any atom is 0.407 e. The molecule has 1 aromatic heterocycles. The number of esters is 2. The van der Waals surface area contributed by atoms with Crippen molar-refractivity contribution in [2.45, 2.75) is 39.2 Å². The number of aromatic nitrogens is 2. The SMILES string of the molecule is CCC(=O)OCC(COC(=O)NCCc1cnc[nH]1)OC(=O)CC. The molecule has 9 nitrogen and oxygen atoms in total. The topological polar surface area (TPSA) is 120 Å². The molecule has 0 spiro atoms. The van der Waals surface area contributed by atoms with Gasteiger partial charge in [-0.15, -0.1) is 0 Å². The lowest BCUT2D eigenvalue weighted by Crippen LogP contribution is -2.34. The summed E-state index contributed by atoms with van der Waals surface area (Å²) in [6.07, 6.45) is 2.71. The number of carbonyl (C=O) groups excluding carboxylic acids is 3. The van der Waals surface area contributed by atoms with Crippen molar-refractivity contribution >= 4 is 18.0 Å². The molecule has 1 heterocycles. The summed E-state index contributed by atoms with van der Waals surface area (Å²) in [5.41, 5.74) is 0.886. The molecular formula is C15H23N3O6. The highest BCUT2D eigenvalue weighted by molar-refractivity contribution is 5.70. The summed E-state index contributed by atoms with van der Waals surface area (Å²) in [7, 11) is 0. The summed E-state index contributed by atoms with van der Waals surface area (Å²) >= 11 is 0. The molecule has 0 aliphatic rings. The van der Waals surface area contributed by atoms with Crippen LogP contribution in [0, 0.1) is 0 Å². The molecule has 134 valence electrons. The van der Waals surface area contributed by atoms with Crippen molar-refractivity contribution in [2.24, 2.45) is 0 Å². The van der Waals surface area contributed by atoms with Crippen LogP contribution in [0.3, 0.4) is 0 Å². The first-order chi connectivity index (χ1) is 11.5. The second kappa shape index (κ2) is 11.0. The summed E-state index contributed by atoms with van der Waals surface area (Å²) in [5, 5.41) is 2.56. The Hall–Kier alpha value is -2.58. The first-order valence-electron chi connectivity index (χ1n) is 7.78. The van der Waals surface area contributed by atoms with Gasteiger partial charge in [0.1, 0.15) is 13.2 Å². The number of rotatable bonds is 10. The van der Waals surface area contributed by atoms with Gasteiger partial charge in [0.15, 0.2) is 6.10 Å². The van der Waals surface area contributed by atoms with E-state index < -0.39 is 24.1 Å². The maximum absolute atomic E-state index is 11.6. The number of hydrogen-bond donors (Lipinski definition) is 2. The van der Waals surface area contributed by atoms with Gasteiger partial charge in [0.05, 0.1) is 6.33 Å². The lowest BCUT2D eigenvalue weighted by atomic mass is 10.3. The molecule has 0 aliphatic heterocycles. The van der Waals surface area contributed by atoms with Crippen LogP contribution in [0.1, 0.15) is 32.4 Å². The second-order valence-electron chi connectivity index (χ2n) is 4.85. The van der Waals surface area contributed by atoms with Crippen molar-refractivity contribution in [1.29, 1.82) is 0 Å². The standard InChI is InChI=1S/C15H23N3O6/c1-3-13(19)22-8-12(24-14(20)4-2)9-23-15(21)17-6-5-11-7-16-10-18-11/h7,10,12H,3-6,8-9H2,1-2H3,(H,16,18)(H,17,21). The lowest BCUT2D eigenvalue weighted by molar-refractivity contribution is -0.161. The molecule has 1 amide bonds. The van der Waals surface area contributed by atoms with Crippen LogP contribution in [0.2, 0.25) is 0 Å². The van der Waals surface area contributed by atoms with E-state index in [4.69, 9.17) is 14.2 Å². The Balaban J connectivity index is 2.31. The van der Waals surface area contributed by atoms with Crippen molar-refractivity contribution in [3.8, 4) is 0 Å². The molecule has 0 saturated heterocycles. The monoisotopic (exact) mass is 341 g/mol. The summed E-state index contributed by atoms with van der Waals surface area (Å²) in [6, 6.07) is 0. The molecule has 9 heteroatoms. The summed E-state index contributed by atoms with van der Waals surface area (Å²) in [4.78, 5) is 40.9. The maximum atomic E-state index is 11.6. The minimum absolute atomic E-state index is 0.153. The van der Waals surface area contributed by atoms with Gasteiger partial charge in [-0.25, -0.2) is 9.78 Å². The third-order valence-corrected chi connectivity index (χ3v) is 2.92. The smallest absolute Gasteiger partial charge is 0.407 e. The zero-order valence-electron chi connectivity index (χ0n) is 13.9. The fraction of sp³-hybridized carbons (Fsp3) is 0.600. The first-order valence-corrected chi connectivity index (χ1v) is 7.78. The third kappa shape index (κ3) is 8.16. The van der Waals surface area contributed by atoms with Crippen LogP contribution in [-0.2, 0) is 30.2 Å². The minimum Gasteiger partial charge on any atom is -0.462 e. The second-order valence-corrected chi connectivity index (χ2v) is 4.85. The number of nitrogens with one attached hydrogen (secondary N) is 2. The average molecular weight is 341 g/mol. The number of ether oxygens (including phenoxy) is 3. The van der Waals surface area contributed by atoms with Gasteiger partial charge in [0.25, 0.3) is 0 Å². The summed E-state index contributed by atoms with van der Waals surface area (Å²) < 4.78 is 15.0. The largest absolute Gasteiger partial charge is 0.462 e. The fourth-order valence-electron chi connectivity index (χ4n) is 1.61. The highest BCUT2D eigenvalue weighted by atomic mass is 16.6. The van der Waals surface area contributed by atoms with E-state index in [1.54, 1.807) is 26.4 Å². The van der Waals surface area contributed by atoms with Gasteiger partial charge in [-0.1, -0.05) is 13.8 Å². The number of alkyl carbamates (subject to hydrolysis) is 1. The van der Waals surface area contributed by atoms with E-state index in [1.165, 1.54) is 0 Å². The number of aromatic amines is 1. The van der Waals surface area contributed by atoms with Gasteiger partial charge in [-0.3, -0.25) is 9.59 Å². The van der Waals surface area contributed by atoms with Crippen LogP contribution in [-0.4, -0.2) is 53.9 Å². The Bertz CT molecular complexity index is 517. The van der Waals surface area contributed by atoms with Crippen LogP contribution in [0.25, 0.3) is 0 Å². The Morgan fingerprint density at radius 2 is 1.88 bits per heavy atom. The number of nitrogens with zero attached hydrogens (tertiary/aromatic N) is 1. The molecular weight excluding hydrogens is 318 g/mol. The summed E-state index contributed by atoms with van der Waals surface area (Å²) in [5.74, 6) is -0.882. The molecule has 0 aromatic carbocycles. The predicted molar refractivity (Wildman–Crippen MR) is 83.1 cm³/mol. The van der Waals surface area contributed by atoms with Crippen LogP contribution < -0.4 is 5.32 Å². The van der Waals surface area contributed by atoms with E-state index in [9.17, 15) is 14.4 Å². The van der Waals surface area contributed by atoms with E-state index in [1.807, 2.05) is 0 Å². The molecule has 0 saturated carbocycles. The van der Waals surface area contributed by atoms with Crippen molar-refractivity contribution in [3.63, 3.8) is 0 Å². The quantitative estimate of drug-likeness (QED) is 0.480. The van der Waals surface area contributed by atoms with E-state index in [0.717, 1.165) is 5.69 Å². The number of amides is 1. The highest BCUT2D eigenvalue weighted by Crippen LogP contribution is 2.00. The number of carbonyl (C=O) groups is 3. The Labute approximate surface area is 140 Å². The zero-order valence-corrected chi connectivity index (χ0v) is 13.9. The van der Waals surface area contributed by atoms with E-state index in [-0.39, 0.29) is 26.1 Å². The molecule has 24 heavy (non-hydrogen) atoms. The van der Waals surface area contributed by atoms with Crippen molar-refractivity contribution in [2.75, 3.05) is 19.8 Å². The van der Waals surface area contributed by atoms with Crippen LogP contribution in [0.15, 0.2) is 12.5 Å². The van der Waals surface area contributed by atoms with Gasteiger partial charge < -0.3 is 24.5 Å². The predicted octanol–water partition coefficient (Wildman–Crippen LogP) is 0.953. The highest BCUT2D eigenvalue weighted by Gasteiger charge is 2.18. The van der Waals surface area contributed by atoms with E-state index in [2.05, 4.69) is 15.3 Å². The Morgan fingerprint density at radius 3 is 2.50 bits per heavy atom. The van der Waals surface area contributed by atoms with Crippen molar-refractivity contribution < 1.29 is 28.6 Å². The Kier molecular flexibility index (Phi) is 8.95. The van der Waals surface area contributed by atoms with Gasteiger partial charge in [-0.2, -0.15) is 0 Å². The minimum atomic E-state index is -0.827. The van der Waals surface area contributed by atoms with E-state index >= 15 is 0 Å². The molecule has 1 aromatic rings. The molecule has 1 rings (SSSR count). The average Bonchev–Trinajstić information content (AvgIpc) is 3.10. The third-order valence-electron chi connectivity index (χ3n) is 2.92. The van der Waals surface area contributed by atoms with Gasteiger partial charge in [0.2, 0.25) is 0 Å². The number of H-pyrrole nitrogens is 1. The van der Waals surface area contributed by atoms with Crippen molar-refractivity contribution in [1.82, 2.24) is 15.3 Å². The van der Waals surface area contributed by atoms with Crippen LogP contribution in [0.5, 0.6) is 0 Å². The number of hydrogen-bond acceptors (Lipinski definition) is 7. The molecule has 1 unspecified atom stereocenters. The van der Waals surface area contributed by atoms with Crippen LogP contribution >= 0.6 is 0 Å². The molecule has 1 atom stereocenters. The van der Waals surface area contributed by atoms with Crippen LogP contribution in [0.4, 0.5) is 4.79 Å². The zero-order chi connectivity index (χ0) is 17.8. The molecule has 0 fully saturated rings. The molecule has 2 N–H and O–H groups in total. The van der Waals surface area contributed by atoms with E-state index in [0.29, 0.717) is 13.0 Å². The Morgan fingerprint density at radius 1 is 1.17 bits per heavy atom. The van der Waals surface area contributed by atoms with Gasteiger partial charge in [0, 0.05) is 37.7 Å². The van der Waals surface area contributed by atoms with Gasteiger partial charge in [-0.05, 0) is 0 Å². The normalized spacial score (nSPS) is 11.4. The first kappa shape index (κ1) is 19.5. The molecule has 0 aliphatic carbocycles. The summed E-state index contributed by atoms with van der Waals surface area (Å²) in [6.45, 7) is 3.31. The number of imidazole rings is 1. The fourth-order valence-corrected chi connectivity index (χ4v) is 1.61. The lowest BCUT2D eigenvalue weighted by Gasteiger charge is -2.17. The van der Waals surface area contributed by atoms with Crippen molar-refractivity contribution in [3.05, 3.63) is 18.2 Å². The van der Waals surface area contributed by atoms with Gasteiger partial charge >= 0.3 is 18.0 Å². The molecule has 0 radical (unpaired) electrons. The molecule has 0 bridgehead atoms.